The minimum Gasteiger partial charge on any atom is -0.422 e. The molecule has 11 heavy (non-hydrogen) atoms. The van der Waals surface area contributed by atoms with Crippen LogP contribution in [0.1, 0.15) is 5.89 Å². The summed E-state index contributed by atoms with van der Waals surface area (Å²) in [6, 6.07) is 0. The number of amides is 1. The molecule has 1 aromatic heterocycles. The van der Waals surface area contributed by atoms with E-state index in [1.54, 1.807) is 0 Å². The van der Waals surface area contributed by atoms with Gasteiger partial charge < -0.3 is 4.42 Å². The van der Waals surface area contributed by atoms with Crippen LogP contribution < -0.4 is 0 Å². The van der Waals surface area contributed by atoms with Gasteiger partial charge in [-0.3, -0.25) is 4.79 Å². The quantitative estimate of drug-likeness (QED) is 0.596. The first-order chi connectivity index (χ1) is 5.36. The van der Waals surface area contributed by atoms with E-state index >= 15 is 0 Å². The van der Waals surface area contributed by atoms with E-state index in [0.29, 0.717) is 16.7 Å². The van der Waals surface area contributed by atoms with Crippen LogP contribution in [0.4, 0.5) is 0 Å². The highest BCUT2D eigenvalue weighted by Gasteiger charge is 2.19. The fourth-order valence-electron chi connectivity index (χ4n) is 0.684. The summed E-state index contributed by atoms with van der Waals surface area (Å²) in [6.07, 6.45) is 1.21. The molecule has 5 nitrogen and oxygen atoms in total. The average molecular weight is 169 g/mol. The van der Waals surface area contributed by atoms with E-state index in [9.17, 15) is 4.79 Å². The molecule has 6 heteroatoms. The number of rotatable bonds is 1. The van der Waals surface area contributed by atoms with Gasteiger partial charge in [-0.15, -0.1) is 10.2 Å². The molecule has 0 saturated carbocycles. The molecule has 0 unspecified atom stereocenters. The van der Waals surface area contributed by atoms with E-state index in [-0.39, 0.29) is 5.91 Å². The summed E-state index contributed by atoms with van der Waals surface area (Å²) in [6.45, 7) is 0. The zero-order chi connectivity index (χ0) is 7.68. The molecule has 1 aromatic rings. The molecule has 0 atom stereocenters. The maximum absolute atomic E-state index is 10.7. The summed E-state index contributed by atoms with van der Waals surface area (Å²) in [4.78, 5) is 14.3. The largest absolute Gasteiger partial charge is 0.422 e. The molecule has 0 aromatic carbocycles. The second-order valence-corrected chi connectivity index (χ2v) is 2.81. The van der Waals surface area contributed by atoms with E-state index in [2.05, 4.69) is 15.2 Å². The van der Waals surface area contributed by atoms with Gasteiger partial charge in [0.15, 0.2) is 5.04 Å². The van der Waals surface area contributed by atoms with E-state index in [0.717, 1.165) is 0 Å². The molecule has 0 bridgehead atoms. The van der Waals surface area contributed by atoms with E-state index in [1.165, 1.54) is 18.2 Å². The molecule has 1 aliphatic rings. The molecular formula is C5H3N3O2S. The number of thioether (sulfide) groups is 1. The monoisotopic (exact) mass is 169 g/mol. The van der Waals surface area contributed by atoms with Gasteiger partial charge in [0, 0.05) is 0 Å². The lowest BCUT2D eigenvalue weighted by Gasteiger charge is -1.85. The third-order valence-electron chi connectivity index (χ3n) is 1.10. The van der Waals surface area contributed by atoms with Crippen molar-refractivity contribution in [2.75, 3.05) is 5.75 Å². The Morgan fingerprint density at radius 2 is 2.55 bits per heavy atom. The summed E-state index contributed by atoms with van der Waals surface area (Å²) >= 11 is 1.31. The van der Waals surface area contributed by atoms with Crippen molar-refractivity contribution in [3.05, 3.63) is 12.3 Å². The number of aliphatic imine (C=N–C) groups is 1. The SMILES string of the molecule is O=C1CSC(c2nnco2)=N1. The lowest BCUT2D eigenvalue weighted by atomic mass is 10.7. The van der Waals surface area contributed by atoms with Gasteiger partial charge in [-0.1, -0.05) is 11.8 Å². The van der Waals surface area contributed by atoms with Crippen LogP contribution in [0.5, 0.6) is 0 Å². The lowest BCUT2D eigenvalue weighted by Crippen LogP contribution is -1.91. The molecule has 1 aliphatic heterocycles. The van der Waals surface area contributed by atoms with Crippen molar-refractivity contribution in [2.45, 2.75) is 0 Å². The lowest BCUT2D eigenvalue weighted by molar-refractivity contribution is -0.115. The van der Waals surface area contributed by atoms with Crippen LogP contribution in [-0.4, -0.2) is 26.9 Å². The molecule has 0 radical (unpaired) electrons. The smallest absolute Gasteiger partial charge is 0.272 e. The number of hydrogen-bond donors (Lipinski definition) is 0. The van der Waals surface area contributed by atoms with Gasteiger partial charge in [-0.2, -0.15) is 0 Å². The van der Waals surface area contributed by atoms with Crippen LogP contribution in [0, 0.1) is 0 Å². The van der Waals surface area contributed by atoms with Crippen LogP contribution in [-0.2, 0) is 4.79 Å². The standard InChI is InChI=1S/C5H3N3O2S/c9-3-1-11-5(7-3)4-8-6-2-10-4/h2H,1H2. The minimum atomic E-state index is -0.150. The molecule has 1 amide bonds. The summed E-state index contributed by atoms with van der Waals surface area (Å²) < 4.78 is 4.84. The van der Waals surface area contributed by atoms with Gasteiger partial charge in [-0.05, 0) is 0 Å². The Morgan fingerprint density at radius 3 is 3.09 bits per heavy atom. The van der Waals surface area contributed by atoms with Crippen molar-refractivity contribution >= 4 is 22.7 Å². The Hall–Kier alpha value is -1.17. The van der Waals surface area contributed by atoms with Crippen molar-refractivity contribution in [3.63, 3.8) is 0 Å². The Balaban J connectivity index is 2.31. The summed E-state index contributed by atoms with van der Waals surface area (Å²) in [5.41, 5.74) is 0. The normalized spacial score (nSPS) is 17.1. The molecule has 0 fully saturated rings. The van der Waals surface area contributed by atoms with Crippen molar-refractivity contribution in [1.29, 1.82) is 0 Å². The third kappa shape index (κ3) is 1.16. The number of aromatic nitrogens is 2. The van der Waals surface area contributed by atoms with Crippen LogP contribution >= 0.6 is 11.8 Å². The highest BCUT2D eigenvalue weighted by molar-refractivity contribution is 8.15. The van der Waals surface area contributed by atoms with Gasteiger partial charge >= 0.3 is 0 Å². The van der Waals surface area contributed by atoms with Crippen molar-refractivity contribution in [3.8, 4) is 0 Å². The Morgan fingerprint density at radius 1 is 1.64 bits per heavy atom. The summed E-state index contributed by atoms with van der Waals surface area (Å²) in [5, 5.41) is 7.60. The highest BCUT2D eigenvalue weighted by atomic mass is 32.2. The molecule has 2 rings (SSSR count). The number of hydrogen-bond acceptors (Lipinski definition) is 5. The molecule has 2 heterocycles. The van der Waals surface area contributed by atoms with Crippen molar-refractivity contribution in [1.82, 2.24) is 10.2 Å². The number of nitrogens with zero attached hydrogens (tertiary/aromatic N) is 3. The Labute approximate surface area is 65.9 Å². The fraction of sp³-hybridized carbons (Fsp3) is 0.200. The second kappa shape index (κ2) is 2.46. The van der Waals surface area contributed by atoms with Gasteiger partial charge in [0.2, 0.25) is 6.39 Å². The van der Waals surface area contributed by atoms with Gasteiger partial charge in [0.1, 0.15) is 0 Å². The predicted octanol–water partition coefficient (Wildman–Crippen LogP) is 0.0896. The first kappa shape index (κ1) is 6.53. The molecule has 56 valence electrons. The maximum Gasteiger partial charge on any atom is 0.272 e. The first-order valence-electron chi connectivity index (χ1n) is 2.87. The van der Waals surface area contributed by atoms with Crippen molar-refractivity contribution in [2.24, 2.45) is 4.99 Å². The summed E-state index contributed by atoms with van der Waals surface area (Å²) in [5.74, 6) is 0.543. The molecular weight excluding hydrogens is 166 g/mol. The Kier molecular flexibility index (Phi) is 1.46. The van der Waals surface area contributed by atoms with Crippen molar-refractivity contribution < 1.29 is 9.21 Å². The van der Waals surface area contributed by atoms with Gasteiger partial charge in [0.05, 0.1) is 5.75 Å². The zero-order valence-electron chi connectivity index (χ0n) is 5.35. The maximum atomic E-state index is 10.7. The third-order valence-corrected chi connectivity index (χ3v) is 2.03. The van der Waals surface area contributed by atoms with E-state index < -0.39 is 0 Å². The molecule has 0 saturated heterocycles. The number of carbonyl (C=O) groups excluding carboxylic acids is 1. The molecule has 0 spiro atoms. The van der Waals surface area contributed by atoms with Crippen LogP contribution in [0.15, 0.2) is 15.8 Å². The first-order valence-corrected chi connectivity index (χ1v) is 3.85. The fourth-order valence-corrected chi connectivity index (χ4v) is 1.39. The van der Waals surface area contributed by atoms with Gasteiger partial charge in [0.25, 0.3) is 11.8 Å². The average Bonchev–Trinajstić information content (AvgIpc) is 2.55. The van der Waals surface area contributed by atoms with Gasteiger partial charge in [-0.25, -0.2) is 4.99 Å². The zero-order valence-corrected chi connectivity index (χ0v) is 6.17. The highest BCUT2D eigenvalue weighted by Crippen LogP contribution is 2.17. The molecule has 0 N–H and O–H groups in total. The van der Waals surface area contributed by atoms with Crippen LogP contribution in [0.25, 0.3) is 0 Å². The Bertz CT molecular complexity index is 306. The topological polar surface area (TPSA) is 68.3 Å². The number of carbonyl (C=O) groups is 1. The van der Waals surface area contributed by atoms with Crippen LogP contribution in [0.3, 0.4) is 0 Å². The van der Waals surface area contributed by atoms with E-state index in [1.807, 2.05) is 0 Å². The van der Waals surface area contributed by atoms with E-state index in [4.69, 9.17) is 4.42 Å². The predicted molar refractivity (Wildman–Crippen MR) is 38.3 cm³/mol. The second-order valence-electron chi connectivity index (χ2n) is 1.84. The minimum absolute atomic E-state index is 0.150. The van der Waals surface area contributed by atoms with Crippen LogP contribution in [0.2, 0.25) is 0 Å². The molecule has 0 aliphatic carbocycles. The summed E-state index contributed by atoms with van der Waals surface area (Å²) in [7, 11) is 0.